The van der Waals surface area contributed by atoms with Gasteiger partial charge in [0.15, 0.2) is 6.10 Å². The molecule has 0 aliphatic carbocycles. The average Bonchev–Trinajstić information content (AvgIpc) is 3.16. The summed E-state index contributed by atoms with van der Waals surface area (Å²) in [6, 6.07) is 7.82. The molecule has 140 valence electrons. The van der Waals surface area contributed by atoms with Crippen LogP contribution in [0.3, 0.4) is 0 Å². The number of anilines is 1. The molecule has 1 amide bonds. The highest BCUT2D eigenvalue weighted by Gasteiger charge is 2.27. The van der Waals surface area contributed by atoms with Crippen LogP contribution in [0.4, 0.5) is 10.2 Å². The first-order valence-corrected chi connectivity index (χ1v) is 9.64. The highest BCUT2D eigenvalue weighted by molar-refractivity contribution is 7.17. The quantitative estimate of drug-likeness (QED) is 0.690. The maximum Gasteiger partial charge on any atom is 0.263 e. The lowest BCUT2D eigenvalue weighted by Crippen LogP contribution is -2.52. The largest absolute Gasteiger partial charge is 0.481 e. The van der Waals surface area contributed by atoms with E-state index in [1.165, 1.54) is 12.1 Å². The first-order chi connectivity index (χ1) is 13.1. The molecule has 3 heterocycles. The molecule has 0 bridgehead atoms. The lowest BCUT2D eigenvalue weighted by Gasteiger charge is -2.36. The Hall–Kier alpha value is -2.74. The van der Waals surface area contributed by atoms with Crippen LogP contribution >= 0.6 is 11.3 Å². The highest BCUT2D eigenvalue weighted by atomic mass is 32.1. The molecular weight excluding hydrogens is 367 g/mol. The van der Waals surface area contributed by atoms with Gasteiger partial charge in [0.25, 0.3) is 5.91 Å². The minimum atomic E-state index is -0.665. The van der Waals surface area contributed by atoms with Gasteiger partial charge in [-0.15, -0.1) is 11.3 Å². The highest BCUT2D eigenvalue weighted by Crippen LogP contribution is 2.28. The molecule has 0 N–H and O–H groups in total. The van der Waals surface area contributed by atoms with Crippen LogP contribution in [-0.2, 0) is 4.79 Å². The summed E-state index contributed by atoms with van der Waals surface area (Å²) in [6.45, 7) is 4.27. The molecule has 2 aromatic heterocycles. The zero-order valence-electron chi connectivity index (χ0n) is 14.8. The number of ether oxygens (including phenoxy) is 1. The molecule has 1 unspecified atom stereocenters. The number of carbonyl (C=O) groups is 1. The van der Waals surface area contributed by atoms with E-state index in [1.54, 1.807) is 41.6 Å². The third-order valence-corrected chi connectivity index (χ3v) is 5.47. The molecule has 1 saturated heterocycles. The van der Waals surface area contributed by atoms with Crippen molar-refractivity contribution >= 4 is 33.3 Å². The molecule has 27 heavy (non-hydrogen) atoms. The third kappa shape index (κ3) is 3.71. The summed E-state index contributed by atoms with van der Waals surface area (Å²) in [7, 11) is 0. The maximum absolute atomic E-state index is 13.3. The molecule has 1 atom stereocenters. The minimum Gasteiger partial charge on any atom is -0.481 e. The van der Waals surface area contributed by atoms with Crippen LogP contribution in [-0.4, -0.2) is 53.1 Å². The standard InChI is InChI=1S/C19H19FN4O2S/c1-13(26-15-4-2-3-14(20)11-15)19(25)24-8-6-23(7-9-24)18-17-16(5-10-27-17)21-12-22-18/h2-5,10-13H,6-9H2,1H3. The lowest BCUT2D eigenvalue weighted by molar-refractivity contribution is -0.138. The van der Waals surface area contributed by atoms with Gasteiger partial charge in [-0.05, 0) is 30.5 Å². The maximum atomic E-state index is 13.3. The Morgan fingerprint density at radius 3 is 2.81 bits per heavy atom. The zero-order chi connectivity index (χ0) is 18.8. The van der Waals surface area contributed by atoms with Gasteiger partial charge in [-0.25, -0.2) is 14.4 Å². The van der Waals surface area contributed by atoms with E-state index >= 15 is 0 Å². The zero-order valence-corrected chi connectivity index (χ0v) is 15.7. The number of nitrogens with zero attached hydrogens (tertiary/aromatic N) is 4. The molecule has 1 aliphatic heterocycles. The van der Waals surface area contributed by atoms with Gasteiger partial charge in [0.2, 0.25) is 0 Å². The minimum absolute atomic E-state index is 0.0946. The Morgan fingerprint density at radius 1 is 1.22 bits per heavy atom. The molecule has 1 aromatic carbocycles. The summed E-state index contributed by atoms with van der Waals surface area (Å²) in [5, 5.41) is 2.01. The number of benzene rings is 1. The van der Waals surface area contributed by atoms with Crippen LogP contribution in [0.1, 0.15) is 6.92 Å². The van der Waals surface area contributed by atoms with Gasteiger partial charge in [-0.3, -0.25) is 4.79 Å². The number of piperazine rings is 1. The average molecular weight is 386 g/mol. The number of hydrogen-bond donors (Lipinski definition) is 0. The second kappa shape index (κ2) is 7.48. The number of amides is 1. The smallest absolute Gasteiger partial charge is 0.263 e. The fourth-order valence-electron chi connectivity index (χ4n) is 3.19. The van der Waals surface area contributed by atoms with Crippen molar-refractivity contribution in [3.05, 3.63) is 47.9 Å². The third-order valence-electron chi connectivity index (χ3n) is 4.57. The van der Waals surface area contributed by atoms with Crippen LogP contribution in [0.15, 0.2) is 42.0 Å². The second-order valence-electron chi connectivity index (χ2n) is 6.36. The Kier molecular flexibility index (Phi) is 4.89. The molecular formula is C19H19FN4O2S. The van der Waals surface area contributed by atoms with E-state index < -0.39 is 6.10 Å². The van der Waals surface area contributed by atoms with Crippen molar-refractivity contribution in [1.29, 1.82) is 0 Å². The molecule has 1 aliphatic rings. The molecule has 6 nitrogen and oxygen atoms in total. The van der Waals surface area contributed by atoms with Crippen molar-refractivity contribution in [3.8, 4) is 5.75 Å². The van der Waals surface area contributed by atoms with Crippen LogP contribution < -0.4 is 9.64 Å². The van der Waals surface area contributed by atoms with Crippen LogP contribution in [0.25, 0.3) is 10.2 Å². The van der Waals surface area contributed by atoms with Gasteiger partial charge < -0.3 is 14.5 Å². The summed E-state index contributed by atoms with van der Waals surface area (Å²) < 4.78 is 19.9. The van der Waals surface area contributed by atoms with Gasteiger partial charge >= 0.3 is 0 Å². The van der Waals surface area contributed by atoms with Crippen LogP contribution in [0.5, 0.6) is 5.75 Å². The predicted octanol–water partition coefficient (Wildman–Crippen LogP) is 2.95. The van der Waals surface area contributed by atoms with E-state index in [2.05, 4.69) is 14.9 Å². The van der Waals surface area contributed by atoms with E-state index in [0.29, 0.717) is 31.9 Å². The van der Waals surface area contributed by atoms with Gasteiger partial charge in [-0.2, -0.15) is 0 Å². The number of fused-ring (bicyclic) bond motifs is 1. The van der Waals surface area contributed by atoms with E-state index in [0.717, 1.165) is 16.0 Å². The van der Waals surface area contributed by atoms with Gasteiger partial charge in [0.05, 0.1) is 10.2 Å². The van der Waals surface area contributed by atoms with E-state index in [-0.39, 0.29) is 11.7 Å². The SMILES string of the molecule is CC(Oc1cccc(F)c1)C(=O)N1CCN(c2ncnc3ccsc23)CC1. The number of thiophene rings is 1. The monoisotopic (exact) mass is 386 g/mol. The number of aromatic nitrogens is 2. The van der Waals surface area contributed by atoms with Crippen molar-refractivity contribution in [2.75, 3.05) is 31.1 Å². The molecule has 0 spiro atoms. The van der Waals surface area contributed by atoms with Crippen molar-refractivity contribution in [2.24, 2.45) is 0 Å². The number of rotatable bonds is 4. The summed E-state index contributed by atoms with van der Waals surface area (Å²) in [6.07, 6.45) is 0.915. The molecule has 3 aromatic rings. The molecule has 0 radical (unpaired) electrons. The Bertz CT molecular complexity index is 956. The molecule has 0 saturated carbocycles. The van der Waals surface area contributed by atoms with Gasteiger partial charge in [-0.1, -0.05) is 6.07 Å². The lowest BCUT2D eigenvalue weighted by atomic mass is 10.2. The summed E-state index contributed by atoms with van der Waals surface area (Å²) in [5.41, 5.74) is 0.945. The fourth-order valence-corrected chi connectivity index (χ4v) is 4.05. The predicted molar refractivity (Wildman–Crippen MR) is 103 cm³/mol. The van der Waals surface area contributed by atoms with E-state index in [4.69, 9.17) is 4.74 Å². The summed E-state index contributed by atoms with van der Waals surface area (Å²) in [5.74, 6) is 0.801. The first kappa shape index (κ1) is 17.7. The normalized spacial score (nSPS) is 15.8. The Balaban J connectivity index is 1.38. The number of halogens is 1. The van der Waals surface area contributed by atoms with Crippen LogP contribution in [0.2, 0.25) is 0 Å². The van der Waals surface area contributed by atoms with Crippen LogP contribution in [0, 0.1) is 5.82 Å². The van der Waals surface area contributed by atoms with Gasteiger partial charge in [0, 0.05) is 32.2 Å². The fraction of sp³-hybridized carbons (Fsp3) is 0.316. The van der Waals surface area contributed by atoms with Crippen molar-refractivity contribution in [1.82, 2.24) is 14.9 Å². The first-order valence-electron chi connectivity index (χ1n) is 8.76. The van der Waals surface area contributed by atoms with E-state index in [9.17, 15) is 9.18 Å². The molecule has 8 heteroatoms. The Labute approximate surface area is 160 Å². The van der Waals surface area contributed by atoms with Crippen molar-refractivity contribution in [3.63, 3.8) is 0 Å². The van der Waals surface area contributed by atoms with Gasteiger partial charge in [0.1, 0.15) is 23.7 Å². The van der Waals surface area contributed by atoms with Crippen molar-refractivity contribution < 1.29 is 13.9 Å². The van der Waals surface area contributed by atoms with Crippen molar-refractivity contribution in [2.45, 2.75) is 13.0 Å². The summed E-state index contributed by atoms with van der Waals surface area (Å²) in [4.78, 5) is 25.3. The number of carbonyl (C=O) groups excluding carboxylic acids is 1. The molecule has 4 rings (SSSR count). The number of hydrogen-bond acceptors (Lipinski definition) is 6. The Morgan fingerprint density at radius 2 is 2.04 bits per heavy atom. The summed E-state index contributed by atoms with van der Waals surface area (Å²) >= 11 is 1.62. The molecule has 1 fully saturated rings. The van der Waals surface area contributed by atoms with E-state index in [1.807, 2.05) is 11.4 Å². The second-order valence-corrected chi connectivity index (χ2v) is 7.28. The topological polar surface area (TPSA) is 58.6 Å².